The number of hydrogen-bond acceptors (Lipinski definition) is 8. The molecule has 0 aliphatic rings. The van der Waals surface area contributed by atoms with Crippen LogP contribution in [0.25, 0.3) is 11.4 Å². The van der Waals surface area contributed by atoms with E-state index in [0.717, 1.165) is 0 Å². The Balaban J connectivity index is 1.76. The lowest BCUT2D eigenvalue weighted by Gasteiger charge is -2.16. The maximum Gasteiger partial charge on any atom is 0.341 e. The molecule has 0 radical (unpaired) electrons. The molecule has 9 nitrogen and oxygen atoms in total. The van der Waals surface area contributed by atoms with Crippen molar-refractivity contribution in [3.05, 3.63) is 69.1 Å². The van der Waals surface area contributed by atoms with Crippen LogP contribution < -0.4 is 4.90 Å². The second-order valence-corrected chi connectivity index (χ2v) is 6.39. The number of aromatic nitrogens is 2. The molecule has 28 heavy (non-hydrogen) atoms. The summed E-state index contributed by atoms with van der Waals surface area (Å²) in [4.78, 5) is 28.7. The van der Waals surface area contributed by atoms with Crippen molar-refractivity contribution in [2.75, 3.05) is 19.0 Å². The number of ether oxygens (including phenoxy) is 1. The first-order valence-electron chi connectivity index (χ1n) is 8.06. The van der Waals surface area contributed by atoms with Crippen LogP contribution in [0.5, 0.6) is 0 Å². The highest BCUT2D eigenvalue weighted by Crippen LogP contribution is 2.25. The number of esters is 1. The van der Waals surface area contributed by atoms with Gasteiger partial charge in [-0.05, 0) is 18.2 Å². The zero-order chi connectivity index (χ0) is 20.3. The van der Waals surface area contributed by atoms with Gasteiger partial charge < -0.3 is 14.2 Å². The van der Waals surface area contributed by atoms with E-state index in [2.05, 4.69) is 10.1 Å². The van der Waals surface area contributed by atoms with Crippen LogP contribution >= 0.6 is 11.6 Å². The summed E-state index contributed by atoms with van der Waals surface area (Å²) in [5.41, 5.74) is 0.996. The van der Waals surface area contributed by atoms with Crippen LogP contribution in [-0.2, 0) is 11.3 Å². The molecule has 1 heterocycles. The summed E-state index contributed by atoms with van der Waals surface area (Å²) >= 11 is 5.94. The summed E-state index contributed by atoms with van der Waals surface area (Å²) in [5.74, 6) is -0.354. The molecule has 0 N–H and O–H groups in total. The summed E-state index contributed by atoms with van der Waals surface area (Å²) in [6, 6.07) is 10.9. The van der Waals surface area contributed by atoms with Gasteiger partial charge in [-0.3, -0.25) is 10.1 Å². The zero-order valence-corrected chi connectivity index (χ0v) is 15.7. The van der Waals surface area contributed by atoms with Crippen LogP contribution in [-0.4, -0.2) is 35.1 Å². The van der Waals surface area contributed by atoms with Crippen molar-refractivity contribution < 1.29 is 19.0 Å². The van der Waals surface area contributed by atoms with Crippen molar-refractivity contribution in [2.45, 2.75) is 6.61 Å². The average molecular weight is 403 g/mol. The lowest BCUT2D eigenvalue weighted by molar-refractivity contribution is -0.384. The van der Waals surface area contributed by atoms with Crippen molar-refractivity contribution in [3.63, 3.8) is 0 Å². The van der Waals surface area contributed by atoms with Crippen LogP contribution in [0.4, 0.5) is 11.4 Å². The number of non-ortho nitro benzene ring substituents is 1. The molecule has 2 aromatic carbocycles. The van der Waals surface area contributed by atoms with Gasteiger partial charge in [0.2, 0.25) is 5.82 Å². The van der Waals surface area contributed by atoms with Crippen LogP contribution in [0, 0.1) is 10.1 Å². The number of hydrogen-bond donors (Lipinski definition) is 0. The number of carbonyl (C=O) groups excluding carboxylic acids is 1. The average Bonchev–Trinajstić information content (AvgIpc) is 3.14. The first-order chi connectivity index (χ1) is 13.3. The first kappa shape index (κ1) is 19.3. The lowest BCUT2D eigenvalue weighted by Crippen LogP contribution is -2.16. The van der Waals surface area contributed by atoms with Crippen LogP contribution in [0.2, 0.25) is 5.02 Å². The van der Waals surface area contributed by atoms with Gasteiger partial charge in [0.15, 0.2) is 6.61 Å². The van der Waals surface area contributed by atoms with E-state index in [4.69, 9.17) is 20.9 Å². The Bertz CT molecular complexity index is 1030. The Morgan fingerprint density at radius 1 is 1.29 bits per heavy atom. The third-order valence-corrected chi connectivity index (χ3v) is 4.01. The van der Waals surface area contributed by atoms with Gasteiger partial charge in [0.1, 0.15) is 0 Å². The molecule has 0 saturated heterocycles. The highest BCUT2D eigenvalue weighted by Gasteiger charge is 2.20. The minimum Gasteiger partial charge on any atom is -0.452 e. The molecule has 3 rings (SSSR count). The third-order valence-electron chi connectivity index (χ3n) is 3.77. The Hall–Kier alpha value is -3.46. The number of nitro benzene ring substituents is 1. The fraction of sp³-hybridized carbons (Fsp3) is 0.167. The molecule has 144 valence electrons. The SMILES string of the molecule is CN(C)c1ccc([N+](=O)[O-])cc1C(=O)OCc1nc(-c2cccc(Cl)c2)no1. The monoisotopic (exact) mass is 402 g/mol. The second kappa shape index (κ2) is 8.05. The molecule has 3 aromatic rings. The van der Waals surface area contributed by atoms with E-state index in [-0.39, 0.29) is 23.7 Å². The summed E-state index contributed by atoms with van der Waals surface area (Å²) in [7, 11) is 3.43. The molecule has 0 spiro atoms. The quantitative estimate of drug-likeness (QED) is 0.348. The number of nitro groups is 1. The van der Waals surface area contributed by atoms with Crippen LogP contribution in [0.15, 0.2) is 47.0 Å². The van der Waals surface area contributed by atoms with Gasteiger partial charge in [0, 0.05) is 36.8 Å². The standard InChI is InChI=1S/C18H15ClN4O5/c1-22(2)15-7-6-13(23(25)26)9-14(15)18(24)27-10-16-20-17(21-28-16)11-4-3-5-12(19)8-11/h3-9H,10H2,1-2H3. The smallest absolute Gasteiger partial charge is 0.341 e. The maximum atomic E-state index is 12.5. The molecular weight excluding hydrogens is 388 g/mol. The van der Waals surface area contributed by atoms with Gasteiger partial charge in [0.05, 0.1) is 16.2 Å². The van der Waals surface area contributed by atoms with Gasteiger partial charge in [-0.1, -0.05) is 28.9 Å². The third kappa shape index (κ3) is 4.26. The lowest BCUT2D eigenvalue weighted by atomic mass is 10.1. The van der Waals surface area contributed by atoms with E-state index < -0.39 is 10.9 Å². The largest absolute Gasteiger partial charge is 0.452 e. The van der Waals surface area contributed by atoms with Gasteiger partial charge in [-0.25, -0.2) is 4.79 Å². The van der Waals surface area contributed by atoms with Gasteiger partial charge in [0.25, 0.3) is 11.6 Å². The zero-order valence-electron chi connectivity index (χ0n) is 15.0. The van der Waals surface area contributed by atoms with Crippen molar-refractivity contribution in [1.82, 2.24) is 10.1 Å². The molecule has 0 unspecified atom stereocenters. The molecule has 0 aliphatic carbocycles. The predicted octanol–water partition coefficient (Wildman–Crippen LogP) is 3.72. The Morgan fingerprint density at radius 2 is 2.07 bits per heavy atom. The first-order valence-corrected chi connectivity index (χ1v) is 8.44. The molecule has 0 bridgehead atoms. The molecule has 0 fully saturated rings. The highest BCUT2D eigenvalue weighted by atomic mass is 35.5. The van der Waals surface area contributed by atoms with E-state index in [1.165, 1.54) is 18.2 Å². The van der Waals surface area contributed by atoms with E-state index in [0.29, 0.717) is 22.1 Å². The molecule has 0 saturated carbocycles. The fourth-order valence-corrected chi connectivity index (χ4v) is 2.64. The van der Waals surface area contributed by atoms with Crippen molar-refractivity contribution in [3.8, 4) is 11.4 Å². The molecule has 0 amide bonds. The fourth-order valence-electron chi connectivity index (χ4n) is 2.45. The second-order valence-electron chi connectivity index (χ2n) is 5.95. The van der Waals surface area contributed by atoms with Crippen molar-refractivity contribution in [2.24, 2.45) is 0 Å². The number of benzene rings is 2. The molecule has 0 aliphatic heterocycles. The predicted molar refractivity (Wildman–Crippen MR) is 101 cm³/mol. The highest BCUT2D eigenvalue weighted by molar-refractivity contribution is 6.30. The van der Waals surface area contributed by atoms with E-state index in [1.54, 1.807) is 43.3 Å². The molecule has 1 aromatic heterocycles. The number of carbonyl (C=O) groups is 1. The molecule has 0 atom stereocenters. The van der Waals surface area contributed by atoms with E-state index >= 15 is 0 Å². The minimum absolute atomic E-state index is 0.0637. The Labute approximate surface area is 164 Å². The Morgan fingerprint density at radius 3 is 2.75 bits per heavy atom. The van der Waals surface area contributed by atoms with Crippen LogP contribution in [0.3, 0.4) is 0 Å². The van der Waals surface area contributed by atoms with E-state index in [1.807, 2.05) is 0 Å². The number of nitrogens with zero attached hydrogens (tertiary/aromatic N) is 4. The summed E-state index contributed by atoms with van der Waals surface area (Å²) in [5, 5.41) is 15.3. The molecule has 10 heteroatoms. The summed E-state index contributed by atoms with van der Waals surface area (Å²) in [6.07, 6.45) is 0. The molecular formula is C18H15ClN4O5. The van der Waals surface area contributed by atoms with Gasteiger partial charge in [-0.2, -0.15) is 4.98 Å². The minimum atomic E-state index is -0.741. The maximum absolute atomic E-state index is 12.5. The number of rotatable bonds is 6. The normalized spacial score (nSPS) is 10.5. The van der Waals surface area contributed by atoms with Gasteiger partial charge in [-0.15, -0.1) is 0 Å². The van der Waals surface area contributed by atoms with E-state index in [9.17, 15) is 14.9 Å². The number of anilines is 1. The summed E-state index contributed by atoms with van der Waals surface area (Å²) in [6.45, 7) is -0.276. The van der Waals surface area contributed by atoms with Crippen molar-refractivity contribution in [1.29, 1.82) is 0 Å². The topological polar surface area (TPSA) is 112 Å². The van der Waals surface area contributed by atoms with Crippen molar-refractivity contribution >= 4 is 28.9 Å². The Kier molecular flexibility index (Phi) is 5.55. The van der Waals surface area contributed by atoms with Crippen LogP contribution in [0.1, 0.15) is 16.2 Å². The summed E-state index contributed by atoms with van der Waals surface area (Å²) < 4.78 is 10.3. The number of halogens is 1. The van der Waals surface area contributed by atoms with Gasteiger partial charge >= 0.3 is 5.97 Å².